The van der Waals surface area contributed by atoms with E-state index in [1.807, 2.05) is 31.3 Å². The Hall–Kier alpha value is -0.847. The van der Waals surface area contributed by atoms with Crippen molar-refractivity contribution in [2.24, 2.45) is 0 Å². The molecule has 0 spiro atoms. The quantitative estimate of drug-likeness (QED) is 0.731. The van der Waals surface area contributed by atoms with E-state index in [0.717, 1.165) is 38.4 Å². The number of amides is 1. The van der Waals surface area contributed by atoms with Gasteiger partial charge in [0.05, 0.1) is 0 Å². The number of nitrogens with zero attached hydrogens (tertiary/aromatic N) is 3. The molecule has 2 rings (SSSR count). The second kappa shape index (κ2) is 7.24. The maximum absolute atomic E-state index is 12.2. The van der Waals surface area contributed by atoms with E-state index in [4.69, 9.17) is 0 Å². The topological polar surface area (TPSA) is 26.8 Å². The van der Waals surface area contributed by atoms with Crippen LogP contribution in [-0.2, 0) is 4.79 Å². The van der Waals surface area contributed by atoms with Crippen LogP contribution in [0.25, 0.3) is 0 Å². The van der Waals surface area contributed by atoms with Gasteiger partial charge in [-0.05, 0) is 7.05 Å². The van der Waals surface area contributed by atoms with Gasteiger partial charge in [-0.25, -0.2) is 0 Å². The number of likely N-dealkylation sites (N-methyl/N-ethyl adjacent to an activating group) is 1. The van der Waals surface area contributed by atoms with Gasteiger partial charge in [0.25, 0.3) is 0 Å². The summed E-state index contributed by atoms with van der Waals surface area (Å²) < 4.78 is 1.21. The van der Waals surface area contributed by atoms with Gasteiger partial charge in [-0.1, -0.05) is 0 Å². The third-order valence-electron chi connectivity index (χ3n) is 3.87. The molecule has 1 aromatic carbocycles. The normalized spacial score (nSPS) is 17.1. The molecule has 0 unspecified atom stereocenters. The van der Waals surface area contributed by atoms with Crippen molar-refractivity contribution in [2.45, 2.75) is 6.42 Å². The van der Waals surface area contributed by atoms with E-state index >= 15 is 0 Å². The maximum atomic E-state index is 12.2. The average Bonchev–Trinajstić information content (AvgIpc) is 2.46. The number of hydrogen-bond donors (Lipinski definition) is 0. The Morgan fingerprint density at radius 2 is 1.80 bits per heavy atom. The number of anilines is 1. The van der Waals surface area contributed by atoms with Crippen molar-refractivity contribution >= 4 is 32.5 Å². The van der Waals surface area contributed by atoms with Gasteiger partial charge in [0.1, 0.15) is 0 Å². The first-order chi connectivity index (χ1) is 9.56. The molecule has 1 saturated heterocycles. The van der Waals surface area contributed by atoms with Gasteiger partial charge in [-0.3, -0.25) is 0 Å². The van der Waals surface area contributed by atoms with Gasteiger partial charge in [-0.15, -0.1) is 0 Å². The Morgan fingerprint density at radius 1 is 1.20 bits per heavy atom. The first kappa shape index (κ1) is 15.5. The fraction of sp³-hybridized carbons (Fsp3) is 0.533. The summed E-state index contributed by atoms with van der Waals surface area (Å²) >= 11 is 2.05. The molecule has 4 nitrogen and oxygen atoms in total. The van der Waals surface area contributed by atoms with Crippen molar-refractivity contribution < 1.29 is 4.79 Å². The second-order valence-electron chi connectivity index (χ2n) is 5.39. The summed E-state index contributed by atoms with van der Waals surface area (Å²) in [5.41, 5.74) is 0.971. The van der Waals surface area contributed by atoms with Gasteiger partial charge in [0, 0.05) is 0 Å². The summed E-state index contributed by atoms with van der Waals surface area (Å²) in [5.74, 6) is 0.188. The number of piperazine rings is 1. The molecule has 0 bridgehead atoms. The predicted molar refractivity (Wildman–Crippen MR) is 83.8 cm³/mol. The van der Waals surface area contributed by atoms with E-state index in [1.165, 1.54) is 4.40 Å². The molecule has 0 N–H and O–H groups in total. The van der Waals surface area contributed by atoms with Crippen molar-refractivity contribution in [3.05, 3.63) is 24.3 Å². The zero-order valence-electron chi connectivity index (χ0n) is 12.3. The van der Waals surface area contributed by atoms with E-state index in [9.17, 15) is 4.79 Å². The van der Waals surface area contributed by atoms with Crippen molar-refractivity contribution in [2.75, 3.05) is 51.7 Å². The van der Waals surface area contributed by atoms with Crippen LogP contribution in [0.5, 0.6) is 0 Å². The van der Waals surface area contributed by atoms with E-state index in [1.54, 1.807) is 4.90 Å². The predicted octanol–water partition coefficient (Wildman–Crippen LogP) is 0.0807. The Kier molecular flexibility index (Phi) is 5.63. The van der Waals surface area contributed by atoms with E-state index < -0.39 is 0 Å². The monoisotopic (exact) mass is 334 g/mol. The standard InChI is InChI=1S/C15H22GeN3O/c1-17-9-11-19(12-10-17)8-7-15(20)18(2)14-5-3-13(16)4-6-14/h3-6H,7-12H2,1-2H3. The Balaban J connectivity index is 1.80. The molecule has 0 saturated carbocycles. The van der Waals surface area contributed by atoms with E-state index in [0.29, 0.717) is 6.42 Å². The third-order valence-corrected chi connectivity index (χ3v) is 4.57. The zero-order chi connectivity index (χ0) is 14.5. The SMILES string of the molecule is CN1CCN(CCC(=O)N(C)c2cc[c]([Ge])cc2)CC1. The third kappa shape index (κ3) is 4.33. The van der Waals surface area contributed by atoms with Crippen LogP contribution in [0.3, 0.4) is 0 Å². The van der Waals surface area contributed by atoms with Crippen LogP contribution in [0.2, 0.25) is 0 Å². The molecular weight excluding hydrogens is 311 g/mol. The van der Waals surface area contributed by atoms with Crippen LogP contribution in [-0.4, -0.2) is 79.0 Å². The van der Waals surface area contributed by atoms with Crippen molar-refractivity contribution in [3.8, 4) is 0 Å². The molecule has 5 heteroatoms. The molecule has 1 heterocycles. The molecule has 0 aliphatic carbocycles. The number of rotatable bonds is 4. The van der Waals surface area contributed by atoms with Crippen LogP contribution in [0.15, 0.2) is 24.3 Å². The van der Waals surface area contributed by atoms with Crippen LogP contribution < -0.4 is 9.30 Å². The number of carbonyl (C=O) groups is 1. The summed E-state index contributed by atoms with van der Waals surface area (Å²) in [7, 11) is 4.00. The molecule has 1 aromatic rings. The molecule has 20 heavy (non-hydrogen) atoms. The zero-order valence-corrected chi connectivity index (χ0v) is 14.4. The van der Waals surface area contributed by atoms with Gasteiger partial charge in [0.15, 0.2) is 0 Å². The van der Waals surface area contributed by atoms with Crippen molar-refractivity contribution in [3.63, 3.8) is 0 Å². The van der Waals surface area contributed by atoms with Crippen LogP contribution in [0.1, 0.15) is 6.42 Å². The minimum absolute atomic E-state index is 0.188. The number of hydrogen-bond acceptors (Lipinski definition) is 3. The molecular formula is C15H22GeN3O. The second-order valence-corrected chi connectivity index (χ2v) is 6.61. The summed E-state index contributed by atoms with van der Waals surface area (Å²) in [6, 6.07) is 8.09. The van der Waals surface area contributed by atoms with E-state index in [-0.39, 0.29) is 5.91 Å². The Bertz CT molecular complexity index is 441. The molecule has 1 amide bonds. The molecule has 107 valence electrons. The van der Waals surface area contributed by atoms with Gasteiger partial charge >= 0.3 is 122 Å². The van der Waals surface area contributed by atoms with Gasteiger partial charge < -0.3 is 0 Å². The molecule has 1 aliphatic heterocycles. The van der Waals surface area contributed by atoms with Crippen molar-refractivity contribution in [1.29, 1.82) is 0 Å². The van der Waals surface area contributed by atoms with Crippen LogP contribution in [0, 0.1) is 0 Å². The fourth-order valence-electron chi connectivity index (χ4n) is 2.32. The average molecular weight is 333 g/mol. The molecule has 0 aromatic heterocycles. The number of benzene rings is 1. The summed E-state index contributed by atoms with van der Waals surface area (Å²) in [4.78, 5) is 18.7. The van der Waals surface area contributed by atoms with Gasteiger partial charge in [0.2, 0.25) is 0 Å². The van der Waals surface area contributed by atoms with E-state index in [2.05, 4.69) is 33.4 Å². The molecule has 1 fully saturated rings. The van der Waals surface area contributed by atoms with Crippen LogP contribution in [0.4, 0.5) is 5.69 Å². The summed E-state index contributed by atoms with van der Waals surface area (Å²) in [5, 5.41) is 0. The van der Waals surface area contributed by atoms with Crippen molar-refractivity contribution in [1.82, 2.24) is 9.80 Å². The molecule has 3 radical (unpaired) electrons. The first-order valence-electron chi connectivity index (χ1n) is 7.05. The molecule has 1 aliphatic rings. The fourth-order valence-corrected chi connectivity index (χ4v) is 2.67. The summed E-state index contributed by atoms with van der Waals surface area (Å²) in [6.45, 7) is 5.20. The van der Waals surface area contributed by atoms with Gasteiger partial charge in [-0.2, -0.15) is 0 Å². The Labute approximate surface area is 129 Å². The first-order valence-corrected chi connectivity index (χ1v) is 8.10. The summed E-state index contributed by atoms with van der Waals surface area (Å²) in [6.07, 6.45) is 0.591. The molecule has 0 atom stereocenters. The minimum atomic E-state index is 0.188. The van der Waals surface area contributed by atoms with Crippen LogP contribution >= 0.6 is 0 Å². The Morgan fingerprint density at radius 3 is 2.40 bits per heavy atom. The number of carbonyl (C=O) groups excluding carboxylic acids is 1.